The van der Waals surface area contributed by atoms with Gasteiger partial charge in [0.1, 0.15) is 11.6 Å². The average molecular weight is 266 g/mol. The quantitative estimate of drug-likeness (QED) is 0.632. The van der Waals surface area contributed by atoms with Crippen LogP contribution >= 0.6 is 0 Å². The van der Waals surface area contributed by atoms with E-state index in [1.54, 1.807) is 0 Å². The molecule has 1 amide bonds. The molecule has 8 heteroatoms. The average Bonchev–Trinajstić information content (AvgIpc) is 2.43. The van der Waals surface area contributed by atoms with E-state index in [0.29, 0.717) is 0 Å². The van der Waals surface area contributed by atoms with Gasteiger partial charge in [0.25, 0.3) is 0 Å². The zero-order valence-electron chi connectivity index (χ0n) is 9.48. The van der Waals surface area contributed by atoms with Gasteiger partial charge in [0.15, 0.2) is 5.70 Å². The molecule has 0 aromatic heterocycles. The van der Waals surface area contributed by atoms with Gasteiger partial charge in [-0.05, 0) is 12.1 Å². The predicted octanol–water partition coefficient (Wildman–Crippen LogP) is 1.08. The number of hydrogen-bond donors (Lipinski definition) is 2. The molecule has 1 aliphatic heterocycles. The molecule has 19 heavy (non-hydrogen) atoms. The van der Waals surface area contributed by atoms with Gasteiger partial charge in [0.05, 0.1) is 12.7 Å². The molecule has 2 rings (SSSR count). The highest BCUT2D eigenvalue weighted by Crippen LogP contribution is 2.14. The molecular formula is C11H8F2N4O2. The highest BCUT2D eigenvalue weighted by atomic mass is 19.1. The first-order valence-electron chi connectivity index (χ1n) is 5.17. The lowest BCUT2D eigenvalue weighted by atomic mass is 10.2. The minimum absolute atomic E-state index is 0.130. The topological polar surface area (TPSA) is 73.8 Å². The fraction of sp³-hybridized carbons (Fsp3) is 0.0909. The maximum absolute atomic E-state index is 13.4. The SMILES string of the molecule is O=NC(=O)C1=C=CN(Cc2c(F)cccc2F)NN1. The van der Waals surface area contributed by atoms with Gasteiger partial charge in [0.2, 0.25) is 0 Å². The molecule has 0 saturated heterocycles. The first kappa shape index (κ1) is 12.9. The standard InChI is InChI=1S/C11H8F2N4O2/c12-8-2-1-3-9(13)7(8)6-17-5-4-10(14-16-17)11(18)15-19/h1-3,5,14,16H,6H2. The molecule has 6 nitrogen and oxygen atoms in total. The van der Waals surface area contributed by atoms with Gasteiger partial charge in [-0.2, -0.15) is 0 Å². The normalized spacial score (nSPS) is 13.8. The smallest absolute Gasteiger partial charge is 0.292 e. The van der Waals surface area contributed by atoms with Gasteiger partial charge in [-0.15, -0.1) is 10.4 Å². The van der Waals surface area contributed by atoms with Crippen LogP contribution in [0.25, 0.3) is 0 Å². The lowest BCUT2D eigenvalue weighted by Crippen LogP contribution is -2.46. The van der Waals surface area contributed by atoms with E-state index in [1.165, 1.54) is 17.3 Å². The summed E-state index contributed by atoms with van der Waals surface area (Å²) in [6.07, 6.45) is 1.24. The fourth-order valence-corrected chi connectivity index (χ4v) is 1.44. The van der Waals surface area contributed by atoms with Gasteiger partial charge in [0, 0.05) is 10.7 Å². The van der Waals surface area contributed by atoms with E-state index >= 15 is 0 Å². The van der Waals surface area contributed by atoms with Crippen LogP contribution in [0.4, 0.5) is 8.78 Å². The van der Waals surface area contributed by atoms with Crippen LogP contribution in [0.15, 0.2) is 41.0 Å². The summed E-state index contributed by atoms with van der Waals surface area (Å²) in [7, 11) is 0. The number of halogens is 2. The molecule has 0 bridgehead atoms. The maximum Gasteiger partial charge on any atom is 0.341 e. The van der Waals surface area contributed by atoms with Gasteiger partial charge < -0.3 is 0 Å². The second-order valence-electron chi connectivity index (χ2n) is 3.61. The van der Waals surface area contributed by atoms with Gasteiger partial charge >= 0.3 is 5.91 Å². The number of nitrogens with one attached hydrogen (secondary N) is 2. The number of nitroso groups, excluding NO2 is 1. The molecule has 0 aliphatic carbocycles. The number of carbonyl (C=O) groups is 1. The van der Waals surface area contributed by atoms with E-state index in [9.17, 15) is 18.5 Å². The molecule has 98 valence electrons. The summed E-state index contributed by atoms with van der Waals surface area (Å²) in [5, 5.41) is 3.45. The highest BCUT2D eigenvalue weighted by Gasteiger charge is 2.16. The van der Waals surface area contributed by atoms with Crippen LogP contribution in [-0.2, 0) is 11.3 Å². The summed E-state index contributed by atoms with van der Waals surface area (Å²) < 4.78 is 26.8. The number of carbonyl (C=O) groups excluding carboxylic acids is 1. The fourth-order valence-electron chi connectivity index (χ4n) is 1.44. The highest BCUT2D eigenvalue weighted by molar-refractivity contribution is 5.93. The molecule has 2 N–H and O–H groups in total. The van der Waals surface area contributed by atoms with Crippen molar-refractivity contribution in [2.45, 2.75) is 6.54 Å². The van der Waals surface area contributed by atoms with Crippen molar-refractivity contribution >= 4 is 5.91 Å². The third-order valence-electron chi connectivity index (χ3n) is 2.38. The van der Waals surface area contributed by atoms with Crippen molar-refractivity contribution in [1.82, 2.24) is 16.0 Å². The Morgan fingerprint density at radius 1 is 1.37 bits per heavy atom. The Balaban J connectivity index is 2.17. The predicted molar refractivity (Wildman–Crippen MR) is 60.6 cm³/mol. The molecule has 0 unspecified atom stereocenters. The number of rotatable bonds is 3. The number of benzene rings is 1. The van der Waals surface area contributed by atoms with E-state index < -0.39 is 17.5 Å². The molecule has 0 spiro atoms. The molecule has 1 heterocycles. The van der Waals surface area contributed by atoms with Crippen LogP contribution in [0.1, 0.15) is 5.56 Å². The van der Waals surface area contributed by atoms with Crippen LogP contribution in [-0.4, -0.2) is 10.9 Å². The molecule has 1 aromatic rings. The second-order valence-corrected chi connectivity index (χ2v) is 3.61. The Hall–Kier alpha value is -2.57. The summed E-state index contributed by atoms with van der Waals surface area (Å²) in [5.41, 5.74) is 6.92. The second kappa shape index (κ2) is 5.38. The number of hydrogen-bond acceptors (Lipinski definition) is 5. The summed E-state index contributed by atoms with van der Waals surface area (Å²) in [4.78, 5) is 20.9. The van der Waals surface area contributed by atoms with Crippen molar-refractivity contribution in [3.63, 3.8) is 0 Å². The van der Waals surface area contributed by atoms with E-state index in [1.807, 2.05) is 0 Å². The van der Waals surface area contributed by atoms with Crippen molar-refractivity contribution in [2.24, 2.45) is 5.18 Å². The van der Waals surface area contributed by atoms with Crippen LogP contribution < -0.4 is 11.0 Å². The van der Waals surface area contributed by atoms with Crippen molar-refractivity contribution in [3.05, 3.63) is 57.9 Å². The number of amides is 1. The minimum Gasteiger partial charge on any atom is -0.292 e. The van der Waals surface area contributed by atoms with E-state index in [-0.39, 0.29) is 17.8 Å². The number of hydrazine groups is 2. The Labute approximate surface area is 106 Å². The molecule has 0 fully saturated rings. The Morgan fingerprint density at radius 3 is 2.58 bits per heavy atom. The summed E-state index contributed by atoms with van der Waals surface area (Å²) in [6.45, 7) is -0.130. The first-order chi connectivity index (χ1) is 9.11. The molecule has 0 saturated carbocycles. The van der Waals surface area contributed by atoms with E-state index in [2.05, 4.69) is 21.9 Å². The molecule has 0 radical (unpaired) electrons. The Morgan fingerprint density at radius 2 is 2.05 bits per heavy atom. The Bertz CT molecular complexity index is 576. The van der Waals surface area contributed by atoms with Crippen LogP contribution in [0.5, 0.6) is 0 Å². The third kappa shape index (κ3) is 2.82. The van der Waals surface area contributed by atoms with E-state index in [0.717, 1.165) is 12.1 Å². The van der Waals surface area contributed by atoms with Crippen LogP contribution in [0.2, 0.25) is 0 Å². The van der Waals surface area contributed by atoms with Gasteiger partial charge in [-0.25, -0.2) is 8.78 Å². The Kier molecular flexibility index (Phi) is 3.65. The minimum atomic E-state index is -1.03. The summed E-state index contributed by atoms with van der Waals surface area (Å²) >= 11 is 0. The zero-order valence-corrected chi connectivity index (χ0v) is 9.48. The summed E-state index contributed by atoms with van der Waals surface area (Å²) in [5.74, 6) is -2.40. The first-order valence-corrected chi connectivity index (χ1v) is 5.17. The number of nitrogens with zero attached hydrogens (tertiary/aromatic N) is 2. The molecular weight excluding hydrogens is 258 g/mol. The van der Waals surface area contributed by atoms with Crippen molar-refractivity contribution in [1.29, 1.82) is 0 Å². The van der Waals surface area contributed by atoms with Crippen molar-refractivity contribution < 1.29 is 13.6 Å². The molecule has 1 aromatic carbocycles. The monoisotopic (exact) mass is 266 g/mol. The molecule has 1 aliphatic rings. The van der Waals surface area contributed by atoms with E-state index in [4.69, 9.17) is 0 Å². The molecule has 0 atom stereocenters. The summed E-state index contributed by atoms with van der Waals surface area (Å²) in [6, 6.07) is 3.54. The van der Waals surface area contributed by atoms with Crippen LogP contribution in [0, 0.1) is 16.5 Å². The van der Waals surface area contributed by atoms with Crippen LogP contribution in [0.3, 0.4) is 0 Å². The van der Waals surface area contributed by atoms with Gasteiger partial charge in [-0.3, -0.25) is 15.2 Å². The lowest BCUT2D eigenvalue weighted by molar-refractivity contribution is -0.115. The maximum atomic E-state index is 13.4. The largest absolute Gasteiger partial charge is 0.341 e. The van der Waals surface area contributed by atoms with Crippen molar-refractivity contribution in [2.75, 3.05) is 0 Å². The lowest BCUT2D eigenvalue weighted by Gasteiger charge is -2.24. The zero-order chi connectivity index (χ0) is 13.8. The van der Waals surface area contributed by atoms with Gasteiger partial charge in [-0.1, -0.05) is 11.8 Å². The van der Waals surface area contributed by atoms with Crippen molar-refractivity contribution in [3.8, 4) is 0 Å². The third-order valence-corrected chi connectivity index (χ3v) is 2.38.